The molecule has 1 aliphatic rings. The van der Waals surface area contributed by atoms with E-state index in [9.17, 15) is 13.2 Å². The standard InChI is InChI=1S/C11H12F3NO/c12-8-3-4-10(16-11(13)14)9(7-8)15-5-1-2-6-15/h3-4,7,11H,1-2,5-6H2. The van der Waals surface area contributed by atoms with Crippen LogP contribution in [-0.2, 0) is 0 Å². The van der Waals surface area contributed by atoms with E-state index in [2.05, 4.69) is 4.74 Å². The van der Waals surface area contributed by atoms with Gasteiger partial charge in [-0.15, -0.1) is 0 Å². The highest BCUT2D eigenvalue weighted by Gasteiger charge is 2.19. The van der Waals surface area contributed by atoms with Crippen LogP contribution in [0.5, 0.6) is 5.75 Å². The molecule has 0 unspecified atom stereocenters. The van der Waals surface area contributed by atoms with Crippen LogP contribution in [0.4, 0.5) is 18.9 Å². The molecule has 0 aliphatic carbocycles. The van der Waals surface area contributed by atoms with E-state index in [0.29, 0.717) is 5.69 Å². The summed E-state index contributed by atoms with van der Waals surface area (Å²) in [5, 5.41) is 0. The van der Waals surface area contributed by atoms with Crippen LogP contribution in [0.3, 0.4) is 0 Å². The minimum absolute atomic E-state index is 0.0401. The fraction of sp³-hybridized carbons (Fsp3) is 0.455. The zero-order valence-corrected chi connectivity index (χ0v) is 8.63. The van der Waals surface area contributed by atoms with Crippen molar-refractivity contribution in [2.24, 2.45) is 0 Å². The van der Waals surface area contributed by atoms with Crippen molar-refractivity contribution in [1.29, 1.82) is 0 Å². The van der Waals surface area contributed by atoms with E-state index >= 15 is 0 Å². The summed E-state index contributed by atoms with van der Waals surface area (Å²) in [5.74, 6) is -0.401. The molecule has 1 fully saturated rings. The Balaban J connectivity index is 2.28. The van der Waals surface area contributed by atoms with Crippen LogP contribution < -0.4 is 9.64 Å². The van der Waals surface area contributed by atoms with Crippen molar-refractivity contribution in [3.63, 3.8) is 0 Å². The lowest BCUT2D eigenvalue weighted by molar-refractivity contribution is -0.0495. The molecule has 16 heavy (non-hydrogen) atoms. The van der Waals surface area contributed by atoms with E-state index in [-0.39, 0.29) is 5.75 Å². The van der Waals surface area contributed by atoms with Crippen LogP contribution in [0.1, 0.15) is 12.8 Å². The van der Waals surface area contributed by atoms with Gasteiger partial charge in [0.2, 0.25) is 0 Å². The lowest BCUT2D eigenvalue weighted by Gasteiger charge is -2.21. The number of anilines is 1. The van der Waals surface area contributed by atoms with Crippen LogP contribution in [0.15, 0.2) is 18.2 Å². The maximum Gasteiger partial charge on any atom is 0.387 e. The Hall–Kier alpha value is -1.39. The first-order valence-corrected chi connectivity index (χ1v) is 5.16. The van der Waals surface area contributed by atoms with Crippen molar-refractivity contribution in [2.75, 3.05) is 18.0 Å². The molecule has 2 rings (SSSR count). The van der Waals surface area contributed by atoms with Crippen molar-refractivity contribution in [1.82, 2.24) is 0 Å². The van der Waals surface area contributed by atoms with Gasteiger partial charge in [0.1, 0.15) is 11.6 Å². The Labute approximate surface area is 91.6 Å². The van der Waals surface area contributed by atoms with Gasteiger partial charge in [-0.1, -0.05) is 0 Å². The van der Waals surface area contributed by atoms with Gasteiger partial charge in [0, 0.05) is 19.2 Å². The number of nitrogens with zero attached hydrogens (tertiary/aromatic N) is 1. The van der Waals surface area contributed by atoms with Gasteiger partial charge in [0.25, 0.3) is 0 Å². The molecule has 1 aromatic rings. The van der Waals surface area contributed by atoms with E-state index in [1.807, 2.05) is 4.90 Å². The molecule has 1 saturated heterocycles. The highest BCUT2D eigenvalue weighted by molar-refractivity contribution is 5.59. The van der Waals surface area contributed by atoms with Gasteiger partial charge < -0.3 is 9.64 Å². The van der Waals surface area contributed by atoms with Gasteiger partial charge in [-0.25, -0.2) is 4.39 Å². The lowest BCUT2D eigenvalue weighted by atomic mass is 10.2. The Bertz CT molecular complexity index is 364. The van der Waals surface area contributed by atoms with Gasteiger partial charge in [0.15, 0.2) is 0 Å². The summed E-state index contributed by atoms with van der Waals surface area (Å²) in [6, 6.07) is 3.61. The number of ether oxygens (including phenoxy) is 1. The molecular weight excluding hydrogens is 219 g/mol. The molecule has 88 valence electrons. The summed E-state index contributed by atoms with van der Waals surface area (Å²) in [4.78, 5) is 1.86. The summed E-state index contributed by atoms with van der Waals surface area (Å²) in [7, 11) is 0. The van der Waals surface area contributed by atoms with Crippen LogP contribution >= 0.6 is 0 Å². The second-order valence-corrected chi connectivity index (χ2v) is 3.68. The molecule has 0 atom stereocenters. The third-order valence-electron chi connectivity index (χ3n) is 2.58. The summed E-state index contributed by atoms with van der Waals surface area (Å²) in [6.45, 7) is -1.38. The molecule has 1 aromatic carbocycles. The molecule has 0 bridgehead atoms. The minimum atomic E-state index is -2.88. The molecule has 0 amide bonds. The summed E-state index contributed by atoms with van der Waals surface area (Å²) in [6.07, 6.45) is 1.98. The van der Waals surface area contributed by atoms with Crippen molar-refractivity contribution >= 4 is 5.69 Å². The molecule has 0 aromatic heterocycles. The van der Waals surface area contributed by atoms with E-state index in [0.717, 1.165) is 32.0 Å². The number of alkyl halides is 2. The normalized spacial score (nSPS) is 15.9. The fourth-order valence-corrected chi connectivity index (χ4v) is 1.89. The second-order valence-electron chi connectivity index (χ2n) is 3.68. The lowest BCUT2D eigenvalue weighted by Crippen LogP contribution is -2.19. The molecule has 1 aliphatic heterocycles. The van der Waals surface area contributed by atoms with Gasteiger partial charge in [-0.2, -0.15) is 8.78 Å². The second kappa shape index (κ2) is 4.63. The topological polar surface area (TPSA) is 12.5 Å². The predicted octanol–water partition coefficient (Wildman–Crippen LogP) is 3.03. The zero-order chi connectivity index (χ0) is 11.5. The molecular formula is C11H12F3NO. The minimum Gasteiger partial charge on any atom is -0.433 e. The highest BCUT2D eigenvalue weighted by Crippen LogP contribution is 2.32. The average Bonchev–Trinajstić information content (AvgIpc) is 2.73. The number of benzene rings is 1. The van der Waals surface area contributed by atoms with Crippen LogP contribution in [0.2, 0.25) is 0 Å². The van der Waals surface area contributed by atoms with Crippen molar-refractivity contribution in [3.8, 4) is 5.75 Å². The Morgan fingerprint density at radius 3 is 2.50 bits per heavy atom. The van der Waals surface area contributed by atoms with Gasteiger partial charge in [0.05, 0.1) is 5.69 Å². The van der Waals surface area contributed by atoms with Crippen molar-refractivity contribution in [2.45, 2.75) is 19.5 Å². The number of rotatable bonds is 3. The first-order chi connectivity index (χ1) is 7.66. The average molecular weight is 231 g/mol. The van der Waals surface area contributed by atoms with Gasteiger partial charge >= 0.3 is 6.61 Å². The SMILES string of the molecule is Fc1ccc(OC(F)F)c(N2CCCC2)c1. The monoisotopic (exact) mass is 231 g/mol. The van der Waals surface area contributed by atoms with Gasteiger partial charge in [-0.05, 0) is 25.0 Å². The molecule has 0 radical (unpaired) electrons. The fourth-order valence-electron chi connectivity index (χ4n) is 1.89. The Morgan fingerprint density at radius 2 is 1.88 bits per heavy atom. The molecule has 1 heterocycles. The zero-order valence-electron chi connectivity index (χ0n) is 8.63. The summed E-state index contributed by atoms with van der Waals surface area (Å²) >= 11 is 0. The predicted molar refractivity (Wildman–Crippen MR) is 54.5 cm³/mol. The molecule has 2 nitrogen and oxygen atoms in total. The van der Waals surface area contributed by atoms with E-state index in [1.54, 1.807) is 0 Å². The van der Waals surface area contributed by atoms with Gasteiger partial charge in [-0.3, -0.25) is 0 Å². The summed E-state index contributed by atoms with van der Waals surface area (Å²) in [5.41, 5.74) is 0.415. The van der Waals surface area contributed by atoms with E-state index < -0.39 is 12.4 Å². The van der Waals surface area contributed by atoms with E-state index in [4.69, 9.17) is 0 Å². The van der Waals surface area contributed by atoms with E-state index in [1.165, 1.54) is 12.1 Å². The Morgan fingerprint density at radius 1 is 1.19 bits per heavy atom. The number of hydrogen-bond donors (Lipinski definition) is 0. The largest absolute Gasteiger partial charge is 0.433 e. The number of hydrogen-bond acceptors (Lipinski definition) is 2. The van der Waals surface area contributed by atoms with Crippen LogP contribution in [-0.4, -0.2) is 19.7 Å². The quantitative estimate of drug-likeness (QED) is 0.792. The van der Waals surface area contributed by atoms with Crippen molar-refractivity contribution in [3.05, 3.63) is 24.0 Å². The first kappa shape index (κ1) is 11.1. The summed E-state index contributed by atoms with van der Waals surface area (Å²) < 4.78 is 41.7. The maximum atomic E-state index is 13.1. The molecule has 0 spiro atoms. The van der Waals surface area contributed by atoms with Crippen LogP contribution in [0, 0.1) is 5.82 Å². The third-order valence-corrected chi connectivity index (χ3v) is 2.58. The van der Waals surface area contributed by atoms with Crippen LogP contribution in [0.25, 0.3) is 0 Å². The molecule has 0 saturated carbocycles. The third kappa shape index (κ3) is 2.40. The maximum absolute atomic E-state index is 13.1. The molecule has 5 heteroatoms. The Kier molecular flexibility index (Phi) is 3.22. The smallest absolute Gasteiger partial charge is 0.387 e. The van der Waals surface area contributed by atoms with Crippen molar-refractivity contribution < 1.29 is 17.9 Å². The molecule has 0 N–H and O–H groups in total. The first-order valence-electron chi connectivity index (χ1n) is 5.16. The number of halogens is 3. The highest BCUT2D eigenvalue weighted by atomic mass is 19.3.